The molecule has 2 aliphatic rings. The maximum atomic E-state index is 13.4. The summed E-state index contributed by atoms with van der Waals surface area (Å²) in [4.78, 5) is 30.9. The van der Waals surface area contributed by atoms with E-state index >= 15 is 0 Å². The Bertz CT molecular complexity index is 869. The van der Waals surface area contributed by atoms with Gasteiger partial charge >= 0.3 is 0 Å². The first kappa shape index (κ1) is 19.2. The minimum atomic E-state index is -0.149. The lowest BCUT2D eigenvalue weighted by atomic mass is 9.88. The van der Waals surface area contributed by atoms with Crippen molar-refractivity contribution in [3.63, 3.8) is 0 Å². The molecule has 1 aliphatic carbocycles. The van der Waals surface area contributed by atoms with E-state index in [2.05, 4.69) is 19.3 Å². The smallest absolute Gasteiger partial charge is 0.257 e. The number of hydrogen-bond donors (Lipinski definition) is 2. The average Bonchev–Trinajstić information content (AvgIpc) is 3.05. The first-order valence-electron chi connectivity index (χ1n) is 10.1. The van der Waals surface area contributed by atoms with E-state index in [4.69, 9.17) is 0 Å². The van der Waals surface area contributed by atoms with Crippen molar-refractivity contribution in [1.29, 1.82) is 0 Å². The fourth-order valence-corrected chi connectivity index (χ4v) is 5.48. The van der Waals surface area contributed by atoms with E-state index in [0.29, 0.717) is 11.5 Å². The Morgan fingerprint density at radius 2 is 1.89 bits per heavy atom. The molecule has 1 aromatic carbocycles. The highest BCUT2D eigenvalue weighted by Crippen LogP contribution is 2.40. The van der Waals surface area contributed by atoms with Gasteiger partial charge in [-0.15, -0.1) is 11.3 Å². The van der Waals surface area contributed by atoms with Crippen molar-refractivity contribution in [2.75, 3.05) is 38.5 Å². The number of piperazine rings is 1. The van der Waals surface area contributed by atoms with E-state index in [1.165, 1.54) is 15.3 Å². The normalized spacial score (nSPS) is 19.9. The van der Waals surface area contributed by atoms with Crippen molar-refractivity contribution in [1.82, 2.24) is 4.90 Å². The Balaban J connectivity index is 1.65. The Morgan fingerprint density at radius 3 is 2.61 bits per heavy atom. The molecule has 1 fully saturated rings. The highest BCUT2D eigenvalue weighted by Gasteiger charge is 2.32. The Labute approximate surface area is 170 Å². The number of anilines is 1. The maximum Gasteiger partial charge on any atom is 0.257 e. The monoisotopic (exact) mass is 398 g/mol. The predicted molar refractivity (Wildman–Crippen MR) is 112 cm³/mol. The molecular formula is C22H28N3O2S+. The van der Waals surface area contributed by atoms with Gasteiger partial charge in [0.15, 0.2) is 0 Å². The lowest BCUT2D eigenvalue weighted by Crippen LogP contribution is -3.12. The fourth-order valence-electron chi connectivity index (χ4n) is 4.08. The van der Waals surface area contributed by atoms with Crippen molar-refractivity contribution in [2.45, 2.75) is 26.2 Å². The summed E-state index contributed by atoms with van der Waals surface area (Å²) in [5, 5.41) is 3.78. The second-order valence-electron chi connectivity index (χ2n) is 8.13. The van der Waals surface area contributed by atoms with Crippen molar-refractivity contribution in [3.8, 4) is 0 Å². The van der Waals surface area contributed by atoms with Gasteiger partial charge in [0.2, 0.25) is 0 Å². The Kier molecular flexibility index (Phi) is 5.51. The third kappa shape index (κ3) is 3.84. The van der Waals surface area contributed by atoms with E-state index < -0.39 is 0 Å². The van der Waals surface area contributed by atoms with Crippen molar-refractivity contribution >= 4 is 28.2 Å². The van der Waals surface area contributed by atoms with Gasteiger partial charge in [-0.1, -0.05) is 25.1 Å². The van der Waals surface area contributed by atoms with Gasteiger partial charge in [0.25, 0.3) is 11.8 Å². The van der Waals surface area contributed by atoms with Crippen LogP contribution in [0.2, 0.25) is 0 Å². The van der Waals surface area contributed by atoms with Crippen LogP contribution in [0.25, 0.3) is 0 Å². The zero-order valence-electron chi connectivity index (χ0n) is 16.6. The molecule has 6 heteroatoms. The zero-order valence-corrected chi connectivity index (χ0v) is 17.4. The number of carbonyl (C=O) groups is 2. The number of nitrogens with zero attached hydrogens (tertiary/aromatic N) is 1. The maximum absolute atomic E-state index is 13.4. The number of carbonyl (C=O) groups excluding carboxylic acids is 2. The molecule has 28 heavy (non-hydrogen) atoms. The van der Waals surface area contributed by atoms with E-state index in [0.717, 1.165) is 56.0 Å². The van der Waals surface area contributed by atoms with Gasteiger partial charge < -0.3 is 15.1 Å². The van der Waals surface area contributed by atoms with Crippen LogP contribution < -0.4 is 10.2 Å². The molecule has 1 aromatic heterocycles. The van der Waals surface area contributed by atoms with Crippen LogP contribution in [0.4, 0.5) is 5.00 Å². The minimum Gasteiger partial charge on any atom is -0.334 e. The molecule has 0 radical (unpaired) electrons. The van der Waals surface area contributed by atoms with Crippen molar-refractivity contribution < 1.29 is 14.5 Å². The van der Waals surface area contributed by atoms with E-state index in [1.807, 2.05) is 23.1 Å². The Morgan fingerprint density at radius 1 is 1.18 bits per heavy atom. The number of benzene rings is 1. The summed E-state index contributed by atoms with van der Waals surface area (Å²) in [5.41, 5.74) is 2.53. The highest BCUT2D eigenvalue weighted by atomic mass is 32.1. The van der Waals surface area contributed by atoms with Crippen LogP contribution in [-0.2, 0) is 12.8 Å². The quantitative estimate of drug-likeness (QED) is 0.832. The predicted octanol–water partition coefficient (Wildman–Crippen LogP) is 2.10. The average molecular weight is 399 g/mol. The standard InChI is InChI=1S/C22H27N3O2S/c1-15-8-9-17-18(14-15)28-21(23-20(26)16-6-4-3-5-7-16)19(17)22(27)25-12-10-24(2)11-13-25/h3-7,15H,8-14H2,1-2H3,(H,23,26)/p+1/t15-/m1/s1. The molecule has 0 saturated carbocycles. The first-order valence-corrected chi connectivity index (χ1v) is 11.0. The van der Waals surface area contributed by atoms with Crippen LogP contribution in [0.1, 0.15) is 44.5 Å². The molecule has 148 valence electrons. The highest BCUT2D eigenvalue weighted by molar-refractivity contribution is 7.17. The van der Waals surface area contributed by atoms with E-state index in [-0.39, 0.29) is 11.8 Å². The van der Waals surface area contributed by atoms with Crippen LogP contribution in [0, 0.1) is 5.92 Å². The number of quaternary nitrogens is 1. The summed E-state index contributed by atoms with van der Waals surface area (Å²) in [7, 11) is 2.17. The molecule has 2 aromatic rings. The molecule has 2 heterocycles. The van der Waals surface area contributed by atoms with Gasteiger partial charge in [-0.25, -0.2) is 0 Å². The molecule has 2 amide bonds. The molecule has 4 rings (SSSR count). The third-order valence-electron chi connectivity index (χ3n) is 5.89. The van der Waals surface area contributed by atoms with Gasteiger partial charge in [0, 0.05) is 10.4 Å². The number of rotatable bonds is 3. The number of amides is 2. The third-order valence-corrected chi connectivity index (χ3v) is 7.06. The first-order chi connectivity index (χ1) is 13.5. The summed E-state index contributed by atoms with van der Waals surface area (Å²) >= 11 is 1.60. The van der Waals surface area contributed by atoms with Crippen LogP contribution in [0.3, 0.4) is 0 Å². The fraction of sp³-hybridized carbons (Fsp3) is 0.455. The lowest BCUT2D eigenvalue weighted by Gasteiger charge is -2.30. The van der Waals surface area contributed by atoms with E-state index in [9.17, 15) is 9.59 Å². The van der Waals surface area contributed by atoms with Crippen LogP contribution in [0.5, 0.6) is 0 Å². The van der Waals surface area contributed by atoms with Crippen LogP contribution >= 0.6 is 11.3 Å². The molecule has 1 aliphatic heterocycles. The summed E-state index contributed by atoms with van der Waals surface area (Å²) < 4.78 is 0. The molecule has 0 bridgehead atoms. The number of thiophene rings is 1. The summed E-state index contributed by atoms with van der Waals surface area (Å²) in [6.45, 7) is 5.76. The largest absolute Gasteiger partial charge is 0.334 e. The Hall–Kier alpha value is -2.18. The van der Waals surface area contributed by atoms with Crippen LogP contribution in [-0.4, -0.2) is 49.9 Å². The number of fused-ring (bicyclic) bond motifs is 1. The van der Waals surface area contributed by atoms with Gasteiger partial charge in [0.1, 0.15) is 5.00 Å². The van der Waals surface area contributed by atoms with Crippen molar-refractivity contribution in [3.05, 3.63) is 51.9 Å². The number of likely N-dealkylation sites (N-methyl/N-ethyl adjacent to an activating group) is 1. The molecule has 2 N–H and O–H groups in total. The van der Waals surface area contributed by atoms with Crippen LogP contribution in [0.15, 0.2) is 30.3 Å². The summed E-state index contributed by atoms with van der Waals surface area (Å²) in [6, 6.07) is 9.21. The molecule has 1 atom stereocenters. The minimum absolute atomic E-state index is 0.0860. The second kappa shape index (κ2) is 8.05. The topological polar surface area (TPSA) is 53.9 Å². The zero-order chi connectivity index (χ0) is 19.7. The van der Waals surface area contributed by atoms with Gasteiger partial charge in [-0.05, 0) is 42.9 Å². The van der Waals surface area contributed by atoms with Gasteiger partial charge in [0.05, 0.1) is 38.8 Å². The lowest BCUT2D eigenvalue weighted by molar-refractivity contribution is -0.883. The number of nitrogens with one attached hydrogen (secondary N) is 2. The molecule has 1 saturated heterocycles. The van der Waals surface area contributed by atoms with Crippen molar-refractivity contribution in [2.24, 2.45) is 5.92 Å². The second-order valence-corrected chi connectivity index (χ2v) is 9.23. The summed E-state index contributed by atoms with van der Waals surface area (Å²) in [5.74, 6) is 0.561. The molecule has 5 nitrogen and oxygen atoms in total. The molecular weight excluding hydrogens is 370 g/mol. The summed E-state index contributed by atoms with van der Waals surface area (Å²) in [6.07, 6.45) is 3.02. The number of hydrogen-bond acceptors (Lipinski definition) is 3. The van der Waals surface area contributed by atoms with Gasteiger partial charge in [-0.2, -0.15) is 0 Å². The van der Waals surface area contributed by atoms with Gasteiger partial charge in [-0.3, -0.25) is 9.59 Å². The SMILES string of the molecule is C[C@@H]1CCc2c(sc(NC(=O)c3ccccc3)c2C(=O)N2CC[NH+](C)CC2)C1. The molecule has 0 spiro atoms. The van der Waals surface area contributed by atoms with E-state index in [1.54, 1.807) is 23.5 Å². The molecule has 0 unspecified atom stereocenters.